The van der Waals surface area contributed by atoms with Gasteiger partial charge in [0.25, 0.3) is 0 Å². The molecule has 0 bridgehead atoms. The van der Waals surface area contributed by atoms with Crippen LogP contribution in [-0.2, 0) is 6.54 Å². The predicted octanol–water partition coefficient (Wildman–Crippen LogP) is 2.74. The third-order valence-electron chi connectivity index (χ3n) is 4.18. The van der Waals surface area contributed by atoms with Crippen molar-refractivity contribution in [2.45, 2.75) is 58.2 Å². The Labute approximate surface area is 117 Å². The van der Waals surface area contributed by atoms with Crippen LogP contribution in [0.5, 0.6) is 0 Å². The molecule has 0 aliphatic heterocycles. The van der Waals surface area contributed by atoms with Crippen LogP contribution in [0.1, 0.15) is 43.7 Å². The van der Waals surface area contributed by atoms with Crippen LogP contribution in [0.4, 0.5) is 0 Å². The molecular weight excluding hydrogens is 234 g/mol. The molecule has 1 aromatic heterocycles. The first-order chi connectivity index (χ1) is 9.19. The molecule has 3 nitrogen and oxygen atoms in total. The first-order valence-corrected chi connectivity index (χ1v) is 7.53. The quantitative estimate of drug-likeness (QED) is 0.883. The van der Waals surface area contributed by atoms with E-state index >= 15 is 0 Å². The second kappa shape index (κ2) is 7.01. The summed E-state index contributed by atoms with van der Waals surface area (Å²) in [6, 6.07) is 3.72. The zero-order valence-electron chi connectivity index (χ0n) is 12.5. The highest BCUT2D eigenvalue weighted by Crippen LogP contribution is 2.23. The van der Waals surface area contributed by atoms with Gasteiger partial charge in [0, 0.05) is 31.0 Å². The zero-order chi connectivity index (χ0) is 13.7. The minimum absolute atomic E-state index is 0.732. The molecule has 106 valence electrons. The molecule has 0 aromatic carbocycles. The molecular formula is C16H27N3. The van der Waals surface area contributed by atoms with Crippen molar-refractivity contribution >= 4 is 0 Å². The van der Waals surface area contributed by atoms with Gasteiger partial charge in [-0.05, 0) is 57.3 Å². The van der Waals surface area contributed by atoms with Gasteiger partial charge in [-0.25, -0.2) is 0 Å². The molecule has 2 rings (SSSR count). The van der Waals surface area contributed by atoms with Crippen molar-refractivity contribution < 1.29 is 0 Å². The smallest absolute Gasteiger partial charge is 0.0313 e. The van der Waals surface area contributed by atoms with Crippen LogP contribution in [-0.4, -0.2) is 35.6 Å². The molecule has 0 amide bonds. The van der Waals surface area contributed by atoms with E-state index in [-0.39, 0.29) is 0 Å². The monoisotopic (exact) mass is 261 g/mol. The molecule has 1 aromatic rings. The Kier molecular flexibility index (Phi) is 5.34. The number of hydrogen-bond acceptors (Lipinski definition) is 3. The summed E-state index contributed by atoms with van der Waals surface area (Å²) in [7, 11) is 2.25. The van der Waals surface area contributed by atoms with Gasteiger partial charge in [-0.15, -0.1) is 0 Å². The van der Waals surface area contributed by atoms with E-state index < -0.39 is 0 Å². The number of aromatic nitrogens is 1. The zero-order valence-corrected chi connectivity index (χ0v) is 12.5. The fourth-order valence-corrected chi connectivity index (χ4v) is 3.13. The molecule has 1 heterocycles. The van der Waals surface area contributed by atoms with Crippen LogP contribution in [0.3, 0.4) is 0 Å². The SMILES string of the molecule is CCNC1CCC(N(C)Cc2cncc(C)c2)CC1. The van der Waals surface area contributed by atoms with Gasteiger partial charge in [0.1, 0.15) is 0 Å². The average Bonchev–Trinajstić information content (AvgIpc) is 2.40. The number of nitrogens with zero attached hydrogens (tertiary/aromatic N) is 2. The first-order valence-electron chi connectivity index (χ1n) is 7.53. The van der Waals surface area contributed by atoms with Gasteiger partial charge in [-0.2, -0.15) is 0 Å². The summed E-state index contributed by atoms with van der Waals surface area (Å²) in [4.78, 5) is 6.78. The lowest BCUT2D eigenvalue weighted by atomic mass is 9.90. The van der Waals surface area contributed by atoms with Crippen molar-refractivity contribution in [3.8, 4) is 0 Å². The number of pyridine rings is 1. The van der Waals surface area contributed by atoms with Crippen LogP contribution in [0.25, 0.3) is 0 Å². The third kappa shape index (κ3) is 4.29. The molecule has 0 spiro atoms. The number of nitrogens with one attached hydrogen (secondary N) is 1. The van der Waals surface area contributed by atoms with Crippen LogP contribution in [0.15, 0.2) is 18.5 Å². The second-order valence-corrected chi connectivity index (χ2v) is 5.85. The lowest BCUT2D eigenvalue weighted by Gasteiger charge is -2.35. The second-order valence-electron chi connectivity index (χ2n) is 5.85. The summed E-state index contributed by atoms with van der Waals surface area (Å²) >= 11 is 0. The van der Waals surface area contributed by atoms with Crippen LogP contribution >= 0.6 is 0 Å². The van der Waals surface area contributed by atoms with E-state index in [1.807, 2.05) is 12.4 Å². The molecule has 0 unspecified atom stereocenters. The summed E-state index contributed by atoms with van der Waals surface area (Å²) in [5.41, 5.74) is 2.58. The largest absolute Gasteiger partial charge is 0.314 e. The van der Waals surface area contributed by atoms with Gasteiger partial charge >= 0.3 is 0 Å². The Bertz CT molecular complexity index is 383. The van der Waals surface area contributed by atoms with E-state index in [4.69, 9.17) is 0 Å². The summed E-state index contributed by atoms with van der Waals surface area (Å²) in [6.45, 7) is 6.42. The predicted molar refractivity (Wildman–Crippen MR) is 80.2 cm³/mol. The topological polar surface area (TPSA) is 28.2 Å². The van der Waals surface area contributed by atoms with Gasteiger partial charge in [-0.1, -0.05) is 13.0 Å². The van der Waals surface area contributed by atoms with E-state index in [9.17, 15) is 0 Å². The Morgan fingerprint density at radius 2 is 2.00 bits per heavy atom. The lowest BCUT2D eigenvalue weighted by molar-refractivity contribution is 0.168. The maximum absolute atomic E-state index is 4.28. The molecule has 0 radical (unpaired) electrons. The van der Waals surface area contributed by atoms with E-state index in [1.165, 1.54) is 36.8 Å². The van der Waals surface area contributed by atoms with Gasteiger partial charge in [0.05, 0.1) is 0 Å². The minimum Gasteiger partial charge on any atom is -0.314 e. The summed E-state index contributed by atoms with van der Waals surface area (Å²) in [5.74, 6) is 0. The number of hydrogen-bond donors (Lipinski definition) is 1. The maximum atomic E-state index is 4.28. The number of rotatable bonds is 5. The normalized spacial score (nSPS) is 23.8. The van der Waals surface area contributed by atoms with Gasteiger partial charge < -0.3 is 5.32 Å². The minimum atomic E-state index is 0.732. The summed E-state index contributed by atoms with van der Waals surface area (Å²) < 4.78 is 0. The van der Waals surface area contributed by atoms with Crippen molar-refractivity contribution in [2.75, 3.05) is 13.6 Å². The molecule has 0 saturated heterocycles. The summed E-state index contributed by atoms with van der Waals surface area (Å²) in [5, 5.41) is 3.57. The molecule has 1 aliphatic carbocycles. The Morgan fingerprint density at radius 3 is 2.63 bits per heavy atom. The van der Waals surface area contributed by atoms with Crippen LogP contribution in [0.2, 0.25) is 0 Å². The standard InChI is InChI=1S/C16H27N3/c1-4-18-15-5-7-16(8-6-15)19(3)12-14-9-13(2)10-17-11-14/h9-11,15-16,18H,4-8,12H2,1-3H3. The molecule has 1 aliphatic rings. The van der Waals surface area contributed by atoms with E-state index in [0.717, 1.165) is 25.2 Å². The maximum Gasteiger partial charge on any atom is 0.0313 e. The van der Waals surface area contributed by atoms with E-state index in [0.29, 0.717) is 0 Å². The fourth-order valence-electron chi connectivity index (χ4n) is 3.13. The van der Waals surface area contributed by atoms with Gasteiger partial charge in [0.15, 0.2) is 0 Å². The molecule has 0 atom stereocenters. The fraction of sp³-hybridized carbons (Fsp3) is 0.688. The Hall–Kier alpha value is -0.930. The van der Waals surface area contributed by atoms with Crippen molar-refractivity contribution in [3.05, 3.63) is 29.6 Å². The van der Waals surface area contributed by atoms with E-state index in [2.05, 4.69) is 42.2 Å². The summed E-state index contributed by atoms with van der Waals surface area (Å²) in [6.07, 6.45) is 9.17. The first kappa shape index (κ1) is 14.5. The highest BCUT2D eigenvalue weighted by Gasteiger charge is 2.23. The van der Waals surface area contributed by atoms with Crippen molar-refractivity contribution in [2.24, 2.45) is 0 Å². The van der Waals surface area contributed by atoms with Crippen molar-refractivity contribution in [3.63, 3.8) is 0 Å². The highest BCUT2D eigenvalue weighted by molar-refractivity contribution is 5.16. The van der Waals surface area contributed by atoms with Gasteiger partial charge in [0.2, 0.25) is 0 Å². The average molecular weight is 261 g/mol. The van der Waals surface area contributed by atoms with Crippen molar-refractivity contribution in [1.29, 1.82) is 0 Å². The molecule has 1 fully saturated rings. The molecule has 1 saturated carbocycles. The highest BCUT2D eigenvalue weighted by atomic mass is 15.1. The Morgan fingerprint density at radius 1 is 1.26 bits per heavy atom. The van der Waals surface area contributed by atoms with Crippen LogP contribution < -0.4 is 5.32 Å². The number of aryl methyl sites for hydroxylation is 1. The third-order valence-corrected chi connectivity index (χ3v) is 4.18. The Balaban J connectivity index is 1.82. The molecule has 3 heteroatoms. The molecule has 19 heavy (non-hydrogen) atoms. The lowest BCUT2D eigenvalue weighted by Crippen LogP contribution is -2.40. The van der Waals surface area contributed by atoms with Crippen LogP contribution in [0, 0.1) is 6.92 Å². The molecule has 1 N–H and O–H groups in total. The van der Waals surface area contributed by atoms with Gasteiger partial charge in [-0.3, -0.25) is 9.88 Å². The van der Waals surface area contributed by atoms with Crippen molar-refractivity contribution in [1.82, 2.24) is 15.2 Å². The van der Waals surface area contributed by atoms with E-state index in [1.54, 1.807) is 0 Å².